The highest BCUT2D eigenvalue weighted by Crippen LogP contribution is 2.11. The number of benzene rings is 1. The Labute approximate surface area is 89.2 Å². The average Bonchev–Trinajstić information content (AvgIpc) is 2.26. The molecule has 0 radical (unpaired) electrons. The van der Waals surface area contributed by atoms with Gasteiger partial charge >= 0.3 is 0 Å². The maximum absolute atomic E-state index is 11.5. The van der Waals surface area contributed by atoms with Crippen LogP contribution in [0.25, 0.3) is 0 Å². The lowest BCUT2D eigenvalue weighted by molar-refractivity contribution is 0.314. The molecule has 15 heavy (non-hydrogen) atoms. The summed E-state index contributed by atoms with van der Waals surface area (Å²) >= 11 is 0. The molecule has 1 aromatic carbocycles. The van der Waals surface area contributed by atoms with E-state index in [1.807, 2.05) is 6.07 Å². The number of nitrogens with zero attached hydrogens (tertiary/aromatic N) is 1. The molecule has 0 saturated heterocycles. The summed E-state index contributed by atoms with van der Waals surface area (Å²) in [6, 6.07) is 9.85. The first-order valence-corrected chi connectivity index (χ1v) is 5.89. The molecule has 0 bridgehead atoms. The molecule has 0 N–H and O–H groups in total. The van der Waals surface area contributed by atoms with Gasteiger partial charge in [-0.15, -0.1) is 0 Å². The molecule has 80 valence electrons. The summed E-state index contributed by atoms with van der Waals surface area (Å²) < 4.78 is 27.7. The molecule has 0 fully saturated rings. The lowest BCUT2D eigenvalue weighted by atomic mass is 10.4. The van der Waals surface area contributed by atoms with Gasteiger partial charge in [0.15, 0.2) is 0 Å². The van der Waals surface area contributed by atoms with Crippen molar-refractivity contribution in [2.24, 2.45) is 0 Å². The summed E-state index contributed by atoms with van der Waals surface area (Å²) in [4.78, 5) is 0.141. The van der Waals surface area contributed by atoms with Crippen molar-refractivity contribution in [1.29, 1.82) is 5.26 Å². The largest absolute Gasteiger partial charge is 0.296 e. The van der Waals surface area contributed by atoms with Crippen LogP contribution in [0.15, 0.2) is 35.2 Å². The van der Waals surface area contributed by atoms with Crippen molar-refractivity contribution in [3.05, 3.63) is 30.3 Å². The number of unbranched alkanes of at least 4 members (excludes halogenated alkanes) is 1. The zero-order valence-electron chi connectivity index (χ0n) is 8.09. The molecule has 4 nitrogen and oxygen atoms in total. The van der Waals surface area contributed by atoms with E-state index >= 15 is 0 Å². The summed E-state index contributed by atoms with van der Waals surface area (Å²) in [5.74, 6) is 0. The number of hydrogen-bond acceptors (Lipinski definition) is 4. The van der Waals surface area contributed by atoms with Gasteiger partial charge in [-0.25, -0.2) is 0 Å². The Kier molecular flexibility index (Phi) is 4.28. The minimum absolute atomic E-state index is 0.0464. The van der Waals surface area contributed by atoms with Crippen molar-refractivity contribution in [3.63, 3.8) is 0 Å². The minimum atomic E-state index is -3.65. The molecule has 0 spiro atoms. The predicted molar refractivity (Wildman–Crippen MR) is 54.4 cm³/mol. The van der Waals surface area contributed by atoms with Gasteiger partial charge in [0.25, 0.3) is 10.1 Å². The Hall–Kier alpha value is -1.38. The highest BCUT2D eigenvalue weighted by Gasteiger charge is 2.13. The fourth-order valence-electron chi connectivity index (χ4n) is 0.975. The molecule has 0 saturated carbocycles. The zero-order chi connectivity index (χ0) is 11.1. The van der Waals surface area contributed by atoms with Crippen LogP contribution >= 0.6 is 0 Å². The standard InChI is InChI=1S/C10H11NO3S/c11-8-4-5-9-14-15(12,13)10-6-2-1-3-7-10/h1-3,6-7H,4-5,9H2. The van der Waals surface area contributed by atoms with Crippen LogP contribution in [0.3, 0.4) is 0 Å². The molecule has 1 rings (SSSR count). The highest BCUT2D eigenvalue weighted by atomic mass is 32.2. The predicted octanol–water partition coefficient (Wildman–Crippen LogP) is 1.70. The second kappa shape index (κ2) is 5.49. The van der Waals surface area contributed by atoms with E-state index in [1.165, 1.54) is 12.1 Å². The molecule has 0 aromatic heterocycles. The first-order chi connectivity index (χ1) is 7.17. The van der Waals surface area contributed by atoms with E-state index in [1.54, 1.807) is 18.2 Å². The third kappa shape index (κ3) is 3.70. The fraction of sp³-hybridized carbons (Fsp3) is 0.300. The highest BCUT2D eigenvalue weighted by molar-refractivity contribution is 7.86. The zero-order valence-corrected chi connectivity index (χ0v) is 8.90. The Morgan fingerprint density at radius 1 is 1.27 bits per heavy atom. The average molecular weight is 225 g/mol. The summed E-state index contributed by atoms with van der Waals surface area (Å²) in [5, 5.41) is 8.26. The van der Waals surface area contributed by atoms with E-state index < -0.39 is 10.1 Å². The van der Waals surface area contributed by atoms with Gasteiger partial charge in [-0.05, 0) is 18.6 Å². The lowest BCUT2D eigenvalue weighted by Gasteiger charge is -2.03. The van der Waals surface area contributed by atoms with Crippen LogP contribution in [0.1, 0.15) is 12.8 Å². The van der Waals surface area contributed by atoms with Gasteiger partial charge in [0.05, 0.1) is 17.6 Å². The molecule has 1 aromatic rings. The van der Waals surface area contributed by atoms with E-state index in [0.717, 1.165) is 0 Å². The maximum atomic E-state index is 11.5. The van der Waals surface area contributed by atoms with E-state index in [0.29, 0.717) is 12.8 Å². The first kappa shape index (κ1) is 11.7. The Balaban J connectivity index is 2.58. The van der Waals surface area contributed by atoms with Crippen molar-refractivity contribution < 1.29 is 12.6 Å². The summed E-state index contributed by atoms with van der Waals surface area (Å²) in [6.45, 7) is 0.0464. The van der Waals surface area contributed by atoms with Gasteiger partial charge in [0.1, 0.15) is 0 Å². The molecule has 0 unspecified atom stereocenters. The van der Waals surface area contributed by atoms with Crippen LogP contribution in [-0.2, 0) is 14.3 Å². The SMILES string of the molecule is N#CCCCOS(=O)(=O)c1ccccc1. The smallest absolute Gasteiger partial charge is 0.266 e. The van der Waals surface area contributed by atoms with E-state index in [4.69, 9.17) is 9.44 Å². The van der Waals surface area contributed by atoms with Crippen LogP contribution in [0.5, 0.6) is 0 Å². The molecule has 0 atom stereocenters. The minimum Gasteiger partial charge on any atom is -0.266 e. The van der Waals surface area contributed by atoms with Crippen molar-refractivity contribution >= 4 is 10.1 Å². The number of nitriles is 1. The molecule has 5 heteroatoms. The fourth-order valence-corrected chi connectivity index (χ4v) is 1.94. The Morgan fingerprint density at radius 3 is 2.53 bits per heavy atom. The molecular formula is C10H11NO3S. The van der Waals surface area contributed by atoms with Gasteiger partial charge in [0, 0.05) is 6.42 Å². The summed E-state index contributed by atoms with van der Waals surface area (Å²) in [7, 11) is -3.65. The van der Waals surface area contributed by atoms with Crippen molar-refractivity contribution in [3.8, 4) is 6.07 Å². The quantitative estimate of drug-likeness (QED) is 0.565. The van der Waals surface area contributed by atoms with Crippen LogP contribution in [0.2, 0.25) is 0 Å². The van der Waals surface area contributed by atoms with Gasteiger partial charge in [-0.1, -0.05) is 18.2 Å². The molecule has 0 heterocycles. The molecule has 0 aliphatic rings. The molecule has 0 amide bonds. The van der Waals surface area contributed by atoms with Crippen LogP contribution < -0.4 is 0 Å². The normalized spacial score (nSPS) is 10.9. The monoisotopic (exact) mass is 225 g/mol. The van der Waals surface area contributed by atoms with E-state index in [2.05, 4.69) is 0 Å². The van der Waals surface area contributed by atoms with Crippen molar-refractivity contribution in [1.82, 2.24) is 0 Å². The summed E-state index contributed by atoms with van der Waals surface area (Å²) in [6.07, 6.45) is 0.715. The Morgan fingerprint density at radius 2 is 1.93 bits per heavy atom. The third-order valence-corrected chi connectivity index (χ3v) is 3.03. The molecular weight excluding hydrogens is 214 g/mol. The Bertz CT molecular complexity index is 433. The van der Waals surface area contributed by atoms with Crippen molar-refractivity contribution in [2.75, 3.05) is 6.61 Å². The van der Waals surface area contributed by atoms with Gasteiger partial charge in [0.2, 0.25) is 0 Å². The number of rotatable bonds is 5. The van der Waals surface area contributed by atoms with Gasteiger partial charge in [-0.2, -0.15) is 13.7 Å². The topological polar surface area (TPSA) is 67.2 Å². The van der Waals surface area contributed by atoms with Gasteiger partial charge in [-0.3, -0.25) is 4.18 Å². The van der Waals surface area contributed by atoms with E-state index in [9.17, 15) is 8.42 Å². The van der Waals surface area contributed by atoms with Crippen molar-refractivity contribution in [2.45, 2.75) is 17.7 Å². The molecule has 0 aliphatic heterocycles. The van der Waals surface area contributed by atoms with E-state index in [-0.39, 0.29) is 11.5 Å². The van der Waals surface area contributed by atoms with Crippen LogP contribution in [0, 0.1) is 11.3 Å². The van der Waals surface area contributed by atoms with Crippen LogP contribution in [-0.4, -0.2) is 15.0 Å². The second-order valence-electron chi connectivity index (χ2n) is 2.85. The lowest BCUT2D eigenvalue weighted by Crippen LogP contribution is -2.07. The maximum Gasteiger partial charge on any atom is 0.296 e. The number of hydrogen-bond donors (Lipinski definition) is 0. The third-order valence-electron chi connectivity index (χ3n) is 1.70. The molecule has 0 aliphatic carbocycles. The second-order valence-corrected chi connectivity index (χ2v) is 4.47. The summed E-state index contributed by atoms with van der Waals surface area (Å²) in [5.41, 5.74) is 0. The van der Waals surface area contributed by atoms with Gasteiger partial charge < -0.3 is 0 Å². The van der Waals surface area contributed by atoms with Crippen LogP contribution in [0.4, 0.5) is 0 Å². The first-order valence-electron chi connectivity index (χ1n) is 4.48.